The summed E-state index contributed by atoms with van der Waals surface area (Å²) in [6.45, 7) is 1.44. The fraction of sp³-hybridized carbons (Fsp3) is 0.316. The Morgan fingerprint density at radius 1 is 0.929 bits per heavy atom. The molecule has 1 aliphatic rings. The van der Waals surface area contributed by atoms with Gasteiger partial charge < -0.3 is 10.6 Å². The topological polar surface area (TPSA) is 108 Å². The van der Waals surface area contributed by atoms with E-state index in [-0.39, 0.29) is 18.0 Å². The summed E-state index contributed by atoms with van der Waals surface area (Å²) in [5.74, 6) is -1.49. The minimum atomic E-state index is -3.46. The Bertz CT molecular complexity index is 924. The number of aromatic nitrogens is 1. The van der Waals surface area contributed by atoms with E-state index in [9.17, 15) is 18.0 Å². The van der Waals surface area contributed by atoms with Crippen LogP contribution in [0.25, 0.3) is 0 Å². The number of benzene rings is 1. The van der Waals surface area contributed by atoms with E-state index in [0.717, 1.165) is 18.4 Å². The molecule has 1 saturated heterocycles. The molecular weight excluding hydrogens is 380 g/mol. The lowest BCUT2D eigenvalue weighted by Gasteiger charge is -2.15. The van der Waals surface area contributed by atoms with Crippen LogP contribution in [0.3, 0.4) is 0 Å². The maximum absolute atomic E-state index is 12.5. The van der Waals surface area contributed by atoms with E-state index in [2.05, 4.69) is 15.6 Å². The van der Waals surface area contributed by atoms with Crippen molar-refractivity contribution in [2.45, 2.75) is 30.8 Å². The first-order valence-electron chi connectivity index (χ1n) is 9.01. The normalized spacial score (nSPS) is 14.6. The van der Waals surface area contributed by atoms with Gasteiger partial charge in [0, 0.05) is 38.6 Å². The molecule has 1 fully saturated rings. The number of carbonyl (C=O) groups excluding carboxylic acids is 2. The third-order valence-corrected chi connectivity index (χ3v) is 6.37. The van der Waals surface area contributed by atoms with E-state index >= 15 is 0 Å². The summed E-state index contributed by atoms with van der Waals surface area (Å²) in [7, 11) is -3.46. The highest BCUT2D eigenvalue weighted by Crippen LogP contribution is 2.21. The van der Waals surface area contributed by atoms with Gasteiger partial charge in [-0.2, -0.15) is 4.31 Å². The minimum absolute atomic E-state index is 0.128. The van der Waals surface area contributed by atoms with E-state index in [1.807, 2.05) is 0 Å². The van der Waals surface area contributed by atoms with Gasteiger partial charge in [0.2, 0.25) is 10.0 Å². The van der Waals surface area contributed by atoms with Crippen LogP contribution in [-0.2, 0) is 32.7 Å². The summed E-state index contributed by atoms with van der Waals surface area (Å²) in [5, 5.41) is 5.04. The van der Waals surface area contributed by atoms with Gasteiger partial charge in [0.25, 0.3) is 0 Å². The second kappa shape index (κ2) is 8.94. The minimum Gasteiger partial charge on any atom is -0.344 e. The van der Waals surface area contributed by atoms with E-state index < -0.39 is 21.8 Å². The molecule has 0 spiro atoms. The molecular formula is C19H22N4O4S. The van der Waals surface area contributed by atoms with Crippen LogP contribution < -0.4 is 10.6 Å². The second-order valence-electron chi connectivity index (χ2n) is 6.48. The third kappa shape index (κ3) is 4.93. The van der Waals surface area contributed by atoms with Gasteiger partial charge in [0.1, 0.15) is 0 Å². The van der Waals surface area contributed by atoms with Crippen LogP contribution in [-0.4, -0.2) is 42.6 Å². The van der Waals surface area contributed by atoms with Crippen molar-refractivity contribution < 1.29 is 18.0 Å². The lowest BCUT2D eigenvalue weighted by Crippen LogP contribution is -2.39. The number of rotatable bonds is 6. The Kier molecular flexibility index (Phi) is 6.37. The maximum Gasteiger partial charge on any atom is 0.309 e. The fourth-order valence-corrected chi connectivity index (χ4v) is 4.40. The first-order chi connectivity index (χ1) is 13.5. The number of amides is 2. The van der Waals surface area contributed by atoms with Gasteiger partial charge in [-0.05, 0) is 42.2 Å². The monoisotopic (exact) mass is 402 g/mol. The first kappa shape index (κ1) is 20.0. The van der Waals surface area contributed by atoms with Gasteiger partial charge in [0.05, 0.1) is 4.90 Å². The van der Waals surface area contributed by atoms with Crippen LogP contribution in [0.4, 0.5) is 0 Å². The van der Waals surface area contributed by atoms with E-state index in [1.54, 1.807) is 36.7 Å². The maximum atomic E-state index is 12.5. The van der Waals surface area contributed by atoms with Crippen molar-refractivity contribution >= 4 is 21.8 Å². The molecule has 0 bridgehead atoms. The van der Waals surface area contributed by atoms with Gasteiger partial charge in [0.15, 0.2) is 0 Å². The molecule has 0 saturated carbocycles. The number of sulfonamides is 1. The molecule has 1 aliphatic heterocycles. The number of nitrogens with zero attached hydrogens (tertiary/aromatic N) is 2. The molecule has 8 nitrogen and oxygen atoms in total. The highest BCUT2D eigenvalue weighted by atomic mass is 32.2. The number of carbonyl (C=O) groups is 2. The van der Waals surface area contributed by atoms with Crippen LogP contribution in [0.5, 0.6) is 0 Å². The molecule has 2 heterocycles. The SMILES string of the molecule is O=C(NCc1ccc(S(=O)(=O)N2CCCC2)cc1)C(=O)NCc1cccnc1. The van der Waals surface area contributed by atoms with Crippen molar-refractivity contribution in [1.82, 2.24) is 19.9 Å². The number of hydrogen-bond acceptors (Lipinski definition) is 5. The lowest BCUT2D eigenvalue weighted by atomic mass is 10.2. The smallest absolute Gasteiger partial charge is 0.309 e. The molecule has 3 rings (SSSR count). The molecule has 0 atom stereocenters. The number of pyridine rings is 1. The van der Waals surface area contributed by atoms with Crippen molar-refractivity contribution in [1.29, 1.82) is 0 Å². The Morgan fingerprint density at radius 2 is 1.54 bits per heavy atom. The van der Waals surface area contributed by atoms with Crippen molar-refractivity contribution in [2.24, 2.45) is 0 Å². The zero-order valence-corrected chi connectivity index (χ0v) is 16.1. The predicted molar refractivity (Wildman–Crippen MR) is 102 cm³/mol. The molecule has 1 aromatic heterocycles. The van der Waals surface area contributed by atoms with E-state index in [0.29, 0.717) is 18.7 Å². The van der Waals surface area contributed by atoms with Gasteiger partial charge in [-0.3, -0.25) is 14.6 Å². The Hall–Kier alpha value is -2.78. The van der Waals surface area contributed by atoms with Crippen LogP contribution in [0, 0.1) is 0 Å². The van der Waals surface area contributed by atoms with E-state index in [1.165, 1.54) is 16.4 Å². The number of hydrogen-bond donors (Lipinski definition) is 2. The van der Waals surface area contributed by atoms with Crippen LogP contribution in [0.2, 0.25) is 0 Å². The standard InChI is InChI=1S/C19H22N4O4S/c24-18(19(25)22-14-16-4-3-9-20-12-16)21-13-15-5-7-17(8-6-15)28(26,27)23-10-1-2-11-23/h3-9,12H,1-2,10-11,13-14H2,(H,21,24)(H,22,25). The Morgan fingerprint density at radius 3 is 2.11 bits per heavy atom. The summed E-state index contributed by atoms with van der Waals surface area (Å²) in [4.78, 5) is 27.9. The van der Waals surface area contributed by atoms with Gasteiger partial charge in [-0.1, -0.05) is 18.2 Å². The molecule has 1 aromatic carbocycles. The highest BCUT2D eigenvalue weighted by Gasteiger charge is 2.26. The van der Waals surface area contributed by atoms with Crippen molar-refractivity contribution in [2.75, 3.05) is 13.1 Å². The van der Waals surface area contributed by atoms with Crippen molar-refractivity contribution in [3.05, 3.63) is 59.9 Å². The average molecular weight is 402 g/mol. The highest BCUT2D eigenvalue weighted by molar-refractivity contribution is 7.89. The summed E-state index contributed by atoms with van der Waals surface area (Å²) >= 11 is 0. The quantitative estimate of drug-likeness (QED) is 0.695. The molecule has 0 radical (unpaired) electrons. The summed E-state index contributed by atoms with van der Waals surface area (Å²) in [5.41, 5.74) is 1.49. The third-order valence-electron chi connectivity index (χ3n) is 4.46. The zero-order valence-electron chi connectivity index (χ0n) is 15.3. The zero-order chi connectivity index (χ0) is 20.0. The Labute approximate surface area is 164 Å². The fourth-order valence-electron chi connectivity index (χ4n) is 2.88. The van der Waals surface area contributed by atoms with Crippen LogP contribution in [0.1, 0.15) is 24.0 Å². The molecule has 9 heteroatoms. The van der Waals surface area contributed by atoms with Crippen LogP contribution >= 0.6 is 0 Å². The molecule has 2 N–H and O–H groups in total. The lowest BCUT2D eigenvalue weighted by molar-refractivity contribution is -0.139. The van der Waals surface area contributed by atoms with Gasteiger partial charge >= 0.3 is 11.8 Å². The molecule has 0 unspecified atom stereocenters. The second-order valence-corrected chi connectivity index (χ2v) is 8.42. The predicted octanol–water partition coefficient (Wildman–Crippen LogP) is 0.799. The molecule has 0 aliphatic carbocycles. The Balaban J connectivity index is 1.50. The van der Waals surface area contributed by atoms with E-state index in [4.69, 9.17) is 0 Å². The molecule has 2 aromatic rings. The van der Waals surface area contributed by atoms with Crippen LogP contribution in [0.15, 0.2) is 53.7 Å². The molecule has 28 heavy (non-hydrogen) atoms. The summed E-state index contributed by atoms with van der Waals surface area (Å²) in [6, 6.07) is 9.86. The summed E-state index contributed by atoms with van der Waals surface area (Å²) < 4.78 is 26.5. The largest absolute Gasteiger partial charge is 0.344 e. The average Bonchev–Trinajstić information content (AvgIpc) is 3.27. The number of nitrogens with one attached hydrogen (secondary N) is 2. The first-order valence-corrected chi connectivity index (χ1v) is 10.4. The van der Waals surface area contributed by atoms with Crippen molar-refractivity contribution in [3.8, 4) is 0 Å². The molecule has 148 valence electrons. The van der Waals surface area contributed by atoms with Crippen molar-refractivity contribution in [3.63, 3.8) is 0 Å². The summed E-state index contributed by atoms with van der Waals surface area (Å²) in [6.07, 6.45) is 4.99. The van der Waals surface area contributed by atoms with Gasteiger partial charge in [-0.15, -0.1) is 0 Å². The van der Waals surface area contributed by atoms with Gasteiger partial charge in [-0.25, -0.2) is 8.42 Å². The molecule has 2 amide bonds.